The molecule has 6 aromatic rings. The van der Waals surface area contributed by atoms with Crippen molar-refractivity contribution < 1.29 is 13.2 Å². The van der Waals surface area contributed by atoms with Crippen LogP contribution < -0.4 is 9.80 Å². The summed E-state index contributed by atoms with van der Waals surface area (Å²) >= 11 is 0. The molecule has 3 nitrogen and oxygen atoms in total. The summed E-state index contributed by atoms with van der Waals surface area (Å²) in [5, 5.41) is 11.7. The van der Waals surface area contributed by atoms with Gasteiger partial charge in [0.05, 0.1) is 45.3 Å². The number of nitriles is 1. The first-order chi connectivity index (χ1) is 29.4. The van der Waals surface area contributed by atoms with Gasteiger partial charge in [-0.25, -0.2) is 0 Å². The summed E-state index contributed by atoms with van der Waals surface area (Å²) < 4.78 is 43.8. The largest absolute Gasteiger partial charge is 0.416 e. The number of nitrogens with zero attached hydrogens (tertiary/aromatic N) is 3. The van der Waals surface area contributed by atoms with Crippen molar-refractivity contribution in [2.24, 2.45) is 0 Å². The predicted octanol–water partition coefficient (Wildman–Crippen LogP) is 16.2. The topological polar surface area (TPSA) is 30.3 Å². The Labute approximate surface area is 373 Å². The molecule has 0 amide bonds. The first kappa shape index (κ1) is 43.8. The second-order valence-corrected chi connectivity index (χ2v) is 18.9. The Bertz CT molecular complexity index is 2940. The normalized spacial score (nSPS) is 13.2. The minimum atomic E-state index is -4.54. The number of anilines is 6. The fourth-order valence-electron chi connectivity index (χ4n) is 11.0. The maximum absolute atomic E-state index is 14.6. The number of fused-ring (bicyclic) bond motifs is 4. The van der Waals surface area contributed by atoms with E-state index >= 15 is 0 Å². The van der Waals surface area contributed by atoms with Gasteiger partial charge in [0.2, 0.25) is 0 Å². The molecule has 0 aromatic heterocycles. The number of aryl methyl sites for hydroxylation is 1. The molecule has 0 fully saturated rings. The average Bonchev–Trinajstić information content (AvgIpc) is 3.25. The van der Waals surface area contributed by atoms with Crippen LogP contribution in [0, 0.1) is 129 Å². The van der Waals surface area contributed by atoms with Crippen molar-refractivity contribution in [2.45, 2.75) is 137 Å². The maximum atomic E-state index is 14.6. The van der Waals surface area contributed by atoms with Gasteiger partial charge in [-0.15, -0.1) is 0 Å². The SMILES string of the molecule is Cc1cc(-c2cc(C#N)c(N3c4c(C)c(C)c(C)c(C)c4Cc4c(C)c(C)c(C)c(C)c43)c(N3c4c(C)c(C)c(C)c(C)c4Cc4c(C)c(C)c(C)c(C)c43)c2)cc(C(F)(F)F)c1. The van der Waals surface area contributed by atoms with E-state index in [0.29, 0.717) is 22.3 Å². The molecule has 0 N–H and O–H groups in total. The molecule has 2 aliphatic heterocycles. The minimum Gasteiger partial charge on any atom is -0.307 e. The number of rotatable bonds is 3. The number of benzene rings is 6. The molecule has 0 spiro atoms. The van der Waals surface area contributed by atoms with Crippen LogP contribution in [-0.2, 0) is 19.0 Å². The van der Waals surface area contributed by atoms with Crippen molar-refractivity contribution in [1.82, 2.24) is 0 Å². The van der Waals surface area contributed by atoms with E-state index in [0.717, 1.165) is 69.2 Å². The van der Waals surface area contributed by atoms with Gasteiger partial charge in [0.25, 0.3) is 0 Å². The molecule has 0 saturated carbocycles. The number of halogens is 3. The third-order valence-electron chi connectivity index (χ3n) is 16.1. The molecule has 0 atom stereocenters. The Balaban J connectivity index is 1.66. The molecule has 8 rings (SSSR count). The lowest BCUT2D eigenvalue weighted by molar-refractivity contribution is -0.137. The van der Waals surface area contributed by atoms with Crippen LogP contribution in [0.5, 0.6) is 0 Å². The summed E-state index contributed by atoms with van der Waals surface area (Å²) in [6.07, 6.45) is -3.04. The summed E-state index contributed by atoms with van der Waals surface area (Å²) in [6.45, 7) is 37.0. The highest BCUT2D eigenvalue weighted by molar-refractivity contribution is 6.03. The highest BCUT2D eigenvalue weighted by Crippen LogP contribution is 2.59. The van der Waals surface area contributed by atoms with Gasteiger partial charge < -0.3 is 9.80 Å². The lowest BCUT2D eigenvalue weighted by Crippen LogP contribution is -2.29. The van der Waals surface area contributed by atoms with Gasteiger partial charge in [0.1, 0.15) is 6.07 Å². The molecule has 0 radical (unpaired) electrons. The molecule has 2 aliphatic rings. The first-order valence-corrected chi connectivity index (χ1v) is 22.2. The van der Waals surface area contributed by atoms with E-state index in [9.17, 15) is 18.4 Å². The van der Waals surface area contributed by atoms with Crippen molar-refractivity contribution in [3.8, 4) is 17.2 Å². The molecule has 0 bridgehead atoms. The van der Waals surface area contributed by atoms with E-state index in [1.165, 1.54) is 101 Å². The van der Waals surface area contributed by atoms with Crippen molar-refractivity contribution in [1.29, 1.82) is 5.26 Å². The Kier molecular flexibility index (Phi) is 10.4. The fraction of sp³-hybridized carbons (Fsp3) is 0.351. The molecule has 2 heterocycles. The van der Waals surface area contributed by atoms with Gasteiger partial charge >= 0.3 is 6.18 Å². The second kappa shape index (κ2) is 14.9. The molecule has 6 heteroatoms. The fourth-order valence-corrected chi connectivity index (χ4v) is 11.0. The van der Waals surface area contributed by atoms with Crippen LogP contribution in [0.15, 0.2) is 30.3 Å². The Hall–Kier alpha value is -5.80. The van der Waals surface area contributed by atoms with Gasteiger partial charge in [-0.1, -0.05) is 6.07 Å². The zero-order valence-corrected chi connectivity index (χ0v) is 40.3. The standard InChI is InChI=1S/C57H60F3N3/c1-26-18-43(21-46(19-26)57(58,59)60)44-20-45(25-61)56(63-54-41(16)33(8)29(4)37(12)49(54)24-50-38(13)30(5)34(9)42(17)55(50)63)51(22-44)62-52-39(14)31(6)27(2)35(10)47(52)23-48-36(11)28(3)32(7)40(15)53(48)62/h18-22H,23-24H2,1-17H3. The molecule has 6 aromatic carbocycles. The monoisotopic (exact) mass is 843 g/mol. The third kappa shape index (κ3) is 6.28. The van der Waals surface area contributed by atoms with Crippen LogP contribution in [0.1, 0.15) is 128 Å². The van der Waals surface area contributed by atoms with Crippen LogP contribution in [0.25, 0.3) is 11.1 Å². The smallest absolute Gasteiger partial charge is 0.307 e. The summed E-state index contributed by atoms with van der Waals surface area (Å²) in [5.74, 6) is 0. The summed E-state index contributed by atoms with van der Waals surface area (Å²) in [6, 6.07) is 10.8. The molecule has 63 heavy (non-hydrogen) atoms. The van der Waals surface area contributed by atoms with Crippen molar-refractivity contribution in [2.75, 3.05) is 9.80 Å². The van der Waals surface area contributed by atoms with E-state index in [2.05, 4.69) is 133 Å². The van der Waals surface area contributed by atoms with Crippen molar-refractivity contribution >= 4 is 34.1 Å². The van der Waals surface area contributed by atoms with Gasteiger partial charge in [-0.3, -0.25) is 0 Å². The Morgan fingerprint density at radius 2 is 0.730 bits per heavy atom. The average molecular weight is 844 g/mol. The molecular formula is C57H60F3N3. The highest BCUT2D eigenvalue weighted by Gasteiger charge is 2.40. The zero-order valence-electron chi connectivity index (χ0n) is 40.3. The first-order valence-electron chi connectivity index (χ1n) is 22.2. The zero-order chi connectivity index (χ0) is 46.2. The summed E-state index contributed by atoms with van der Waals surface area (Å²) in [4.78, 5) is 4.81. The third-order valence-corrected chi connectivity index (χ3v) is 16.1. The molecule has 0 saturated heterocycles. The van der Waals surface area contributed by atoms with Crippen LogP contribution in [0.4, 0.5) is 47.3 Å². The maximum Gasteiger partial charge on any atom is 0.416 e. The molecule has 0 unspecified atom stereocenters. The second-order valence-electron chi connectivity index (χ2n) is 18.9. The molecule has 324 valence electrons. The van der Waals surface area contributed by atoms with E-state index in [1.54, 1.807) is 6.92 Å². The van der Waals surface area contributed by atoms with E-state index in [4.69, 9.17) is 0 Å². The summed E-state index contributed by atoms with van der Waals surface area (Å²) in [7, 11) is 0. The quantitative estimate of drug-likeness (QED) is 0.177. The summed E-state index contributed by atoms with van der Waals surface area (Å²) in [5.41, 5.74) is 31.3. The lowest BCUT2D eigenvalue weighted by Gasteiger charge is -2.44. The number of hydrogen-bond acceptors (Lipinski definition) is 3. The number of hydrogen-bond donors (Lipinski definition) is 0. The number of alkyl halides is 3. The van der Waals surface area contributed by atoms with Crippen molar-refractivity contribution in [3.63, 3.8) is 0 Å². The van der Waals surface area contributed by atoms with Crippen LogP contribution in [0.3, 0.4) is 0 Å². The lowest BCUT2D eigenvalue weighted by atomic mass is 9.79. The van der Waals surface area contributed by atoms with Crippen LogP contribution in [0.2, 0.25) is 0 Å². The predicted molar refractivity (Wildman–Crippen MR) is 257 cm³/mol. The van der Waals surface area contributed by atoms with E-state index in [-0.39, 0.29) is 0 Å². The van der Waals surface area contributed by atoms with Crippen LogP contribution in [-0.4, -0.2) is 0 Å². The molecular weight excluding hydrogens is 784 g/mol. The van der Waals surface area contributed by atoms with Gasteiger partial charge in [0.15, 0.2) is 0 Å². The van der Waals surface area contributed by atoms with E-state index in [1.807, 2.05) is 12.1 Å². The Morgan fingerprint density at radius 1 is 0.397 bits per heavy atom. The van der Waals surface area contributed by atoms with Crippen LogP contribution >= 0.6 is 0 Å². The molecule has 0 aliphatic carbocycles. The van der Waals surface area contributed by atoms with E-state index < -0.39 is 11.7 Å². The van der Waals surface area contributed by atoms with Crippen molar-refractivity contribution in [3.05, 3.63) is 158 Å². The van der Waals surface area contributed by atoms with Gasteiger partial charge in [0, 0.05) is 12.8 Å². The highest BCUT2D eigenvalue weighted by atomic mass is 19.4. The van der Waals surface area contributed by atoms with Gasteiger partial charge in [-0.05, 0) is 270 Å². The minimum absolute atomic E-state index is 0.395. The Morgan fingerprint density at radius 3 is 1.08 bits per heavy atom. The van der Waals surface area contributed by atoms with Gasteiger partial charge in [-0.2, -0.15) is 18.4 Å².